The first-order chi connectivity index (χ1) is 9.88. The average Bonchev–Trinajstić information content (AvgIpc) is 2.93. The summed E-state index contributed by atoms with van der Waals surface area (Å²) in [6.07, 6.45) is 4.89. The maximum absolute atomic E-state index is 5.69. The van der Waals surface area contributed by atoms with Gasteiger partial charge in [-0.05, 0) is 34.2 Å². The van der Waals surface area contributed by atoms with Gasteiger partial charge in [-0.1, -0.05) is 33.6 Å². The Hall–Kier alpha value is -0.680. The van der Waals surface area contributed by atoms with Crippen molar-refractivity contribution in [1.29, 1.82) is 0 Å². The monoisotopic (exact) mass is 355 g/mol. The third-order valence-corrected chi connectivity index (χ3v) is 4.91. The second kappa shape index (κ2) is 6.61. The molecule has 118 valence electrons. The van der Waals surface area contributed by atoms with Gasteiger partial charge in [0, 0.05) is 20.1 Å². The molecule has 1 saturated carbocycles. The molecule has 0 radical (unpaired) electrons. The van der Waals surface area contributed by atoms with Crippen LogP contribution in [0.25, 0.3) is 0 Å². The third-order valence-electron chi connectivity index (χ3n) is 4.13. The molecule has 1 aromatic heterocycles. The molecule has 0 bridgehead atoms. The van der Waals surface area contributed by atoms with Crippen LogP contribution in [0.2, 0.25) is 0 Å². The van der Waals surface area contributed by atoms with E-state index < -0.39 is 0 Å². The summed E-state index contributed by atoms with van der Waals surface area (Å²) in [5.41, 5.74) is 1.09. The minimum atomic E-state index is -0.113. The van der Waals surface area contributed by atoms with Crippen LogP contribution < -0.4 is 5.32 Å². The van der Waals surface area contributed by atoms with E-state index in [2.05, 4.69) is 47.0 Å². The van der Waals surface area contributed by atoms with Crippen molar-refractivity contribution in [1.82, 2.24) is 9.97 Å². The second-order valence-corrected chi connectivity index (χ2v) is 7.64. The normalized spacial score (nSPS) is 18.0. The molecule has 0 spiro atoms. The van der Waals surface area contributed by atoms with Crippen LogP contribution in [0.5, 0.6) is 0 Å². The number of rotatable bonds is 4. The number of hydrogen-bond acceptors (Lipinski definition) is 4. The first-order valence-corrected chi connectivity index (χ1v) is 8.45. The number of hydrogen-bond donors (Lipinski definition) is 1. The molecule has 1 N–H and O–H groups in total. The summed E-state index contributed by atoms with van der Waals surface area (Å²) in [6.45, 7) is 6.46. The van der Waals surface area contributed by atoms with Gasteiger partial charge in [-0.25, -0.2) is 9.97 Å². The zero-order valence-electron chi connectivity index (χ0n) is 13.7. The highest BCUT2D eigenvalue weighted by molar-refractivity contribution is 9.10. The molecular formula is C16H26BrN3O. The Bertz CT molecular complexity index is 493. The van der Waals surface area contributed by atoms with E-state index in [1.54, 1.807) is 7.11 Å². The predicted octanol–water partition coefficient (Wildman–Crippen LogP) is 4.67. The molecule has 1 fully saturated rings. The number of aromatic nitrogens is 2. The molecule has 1 aromatic rings. The Morgan fingerprint density at radius 2 is 1.86 bits per heavy atom. The van der Waals surface area contributed by atoms with Crippen LogP contribution >= 0.6 is 15.9 Å². The highest BCUT2D eigenvalue weighted by atomic mass is 79.9. The molecule has 1 atom stereocenters. The number of anilines is 1. The molecular weight excluding hydrogens is 330 g/mol. The lowest BCUT2D eigenvalue weighted by Gasteiger charge is -2.29. The van der Waals surface area contributed by atoms with Crippen molar-refractivity contribution in [3.8, 4) is 0 Å². The maximum atomic E-state index is 5.69. The number of methoxy groups -OCH3 is 1. The summed E-state index contributed by atoms with van der Waals surface area (Å²) in [7, 11) is 3.63. The summed E-state index contributed by atoms with van der Waals surface area (Å²) < 4.78 is 6.69. The molecule has 0 aliphatic heterocycles. The quantitative estimate of drug-likeness (QED) is 0.852. The Morgan fingerprint density at radius 1 is 1.24 bits per heavy atom. The molecule has 21 heavy (non-hydrogen) atoms. The lowest BCUT2D eigenvalue weighted by atomic mass is 9.88. The average molecular weight is 356 g/mol. The van der Waals surface area contributed by atoms with E-state index in [4.69, 9.17) is 9.72 Å². The van der Waals surface area contributed by atoms with Crippen molar-refractivity contribution in [3.63, 3.8) is 0 Å². The zero-order chi connectivity index (χ0) is 15.6. The fourth-order valence-corrected chi connectivity index (χ4v) is 3.78. The van der Waals surface area contributed by atoms with E-state index in [1.165, 1.54) is 25.7 Å². The van der Waals surface area contributed by atoms with Gasteiger partial charge in [0.2, 0.25) is 0 Å². The van der Waals surface area contributed by atoms with Crippen LogP contribution in [0, 0.1) is 5.41 Å². The molecule has 1 aliphatic carbocycles. The molecule has 0 saturated heterocycles. The Kier molecular flexibility index (Phi) is 5.25. The fourth-order valence-electron chi connectivity index (χ4n) is 3.08. The van der Waals surface area contributed by atoms with Crippen molar-refractivity contribution in [2.24, 2.45) is 5.41 Å². The Labute approximate surface area is 136 Å². The lowest BCUT2D eigenvalue weighted by molar-refractivity contribution is 0.00853. The summed E-state index contributed by atoms with van der Waals surface area (Å²) in [4.78, 5) is 9.54. The predicted molar refractivity (Wildman–Crippen MR) is 89.7 cm³/mol. The first kappa shape index (κ1) is 16.7. The van der Waals surface area contributed by atoms with E-state index in [0.29, 0.717) is 5.92 Å². The van der Waals surface area contributed by atoms with Gasteiger partial charge < -0.3 is 10.1 Å². The van der Waals surface area contributed by atoms with Crippen LogP contribution in [0.1, 0.15) is 70.0 Å². The fraction of sp³-hybridized carbons (Fsp3) is 0.750. The van der Waals surface area contributed by atoms with Crippen LogP contribution in [-0.4, -0.2) is 24.1 Å². The van der Waals surface area contributed by atoms with Crippen molar-refractivity contribution < 1.29 is 4.74 Å². The number of halogens is 1. The number of nitrogens with one attached hydrogen (secondary N) is 1. The minimum absolute atomic E-state index is 0.0411. The second-order valence-electron chi connectivity index (χ2n) is 6.84. The minimum Gasteiger partial charge on any atom is -0.373 e. The summed E-state index contributed by atoms with van der Waals surface area (Å²) in [5, 5.41) is 3.18. The van der Waals surface area contributed by atoms with Gasteiger partial charge in [0.05, 0.1) is 10.2 Å². The van der Waals surface area contributed by atoms with Crippen LogP contribution in [-0.2, 0) is 4.74 Å². The SMILES string of the molecule is CNc1nc(C(OC)C(C)(C)C)nc(C2CCCC2)c1Br. The summed E-state index contributed by atoms with van der Waals surface area (Å²) in [5.74, 6) is 2.17. The Morgan fingerprint density at radius 3 is 2.33 bits per heavy atom. The summed E-state index contributed by atoms with van der Waals surface area (Å²) >= 11 is 3.68. The van der Waals surface area contributed by atoms with E-state index in [1.807, 2.05) is 7.05 Å². The standard InChI is InChI=1S/C16H26BrN3O/c1-16(2,3)13(21-5)15-19-12(10-8-6-7-9-10)11(17)14(18-4)20-15/h10,13H,6-9H2,1-5H3,(H,18,19,20). The van der Waals surface area contributed by atoms with Gasteiger partial charge >= 0.3 is 0 Å². The van der Waals surface area contributed by atoms with Crippen molar-refractivity contribution in [3.05, 3.63) is 16.0 Å². The van der Waals surface area contributed by atoms with Gasteiger partial charge in [-0.2, -0.15) is 0 Å². The molecule has 5 heteroatoms. The molecule has 0 aromatic carbocycles. The first-order valence-electron chi connectivity index (χ1n) is 7.66. The topological polar surface area (TPSA) is 47.0 Å². The van der Waals surface area contributed by atoms with E-state index >= 15 is 0 Å². The van der Waals surface area contributed by atoms with Gasteiger partial charge in [0.15, 0.2) is 5.82 Å². The van der Waals surface area contributed by atoms with Crippen LogP contribution in [0.15, 0.2) is 4.47 Å². The van der Waals surface area contributed by atoms with E-state index in [9.17, 15) is 0 Å². The molecule has 2 rings (SSSR count). The van der Waals surface area contributed by atoms with Gasteiger partial charge in [-0.3, -0.25) is 0 Å². The third kappa shape index (κ3) is 3.57. The molecule has 1 heterocycles. The van der Waals surface area contributed by atoms with E-state index in [-0.39, 0.29) is 11.5 Å². The van der Waals surface area contributed by atoms with Crippen molar-refractivity contribution in [2.45, 2.75) is 58.5 Å². The van der Waals surface area contributed by atoms with Gasteiger partial charge in [-0.15, -0.1) is 0 Å². The highest BCUT2D eigenvalue weighted by Gasteiger charge is 2.31. The zero-order valence-corrected chi connectivity index (χ0v) is 15.2. The van der Waals surface area contributed by atoms with Crippen LogP contribution in [0.3, 0.4) is 0 Å². The molecule has 1 unspecified atom stereocenters. The van der Waals surface area contributed by atoms with Crippen LogP contribution in [0.4, 0.5) is 5.82 Å². The maximum Gasteiger partial charge on any atom is 0.160 e. The smallest absolute Gasteiger partial charge is 0.160 e. The highest BCUT2D eigenvalue weighted by Crippen LogP contribution is 2.41. The molecule has 4 nitrogen and oxygen atoms in total. The van der Waals surface area contributed by atoms with Crippen molar-refractivity contribution in [2.75, 3.05) is 19.5 Å². The van der Waals surface area contributed by atoms with Gasteiger partial charge in [0.25, 0.3) is 0 Å². The molecule has 1 aliphatic rings. The number of ether oxygens (including phenoxy) is 1. The van der Waals surface area contributed by atoms with Gasteiger partial charge in [0.1, 0.15) is 11.9 Å². The molecule has 0 amide bonds. The largest absolute Gasteiger partial charge is 0.373 e. The lowest BCUT2D eigenvalue weighted by Crippen LogP contribution is -2.23. The Balaban J connectivity index is 2.49. The van der Waals surface area contributed by atoms with E-state index in [0.717, 1.165) is 21.8 Å². The number of nitrogens with zero attached hydrogens (tertiary/aromatic N) is 2. The van der Waals surface area contributed by atoms with Crippen molar-refractivity contribution >= 4 is 21.7 Å². The summed E-state index contributed by atoms with van der Waals surface area (Å²) in [6, 6.07) is 0.